The van der Waals surface area contributed by atoms with Crippen molar-refractivity contribution in [2.75, 3.05) is 0 Å². The van der Waals surface area contributed by atoms with Gasteiger partial charge in [-0.05, 0) is 12.1 Å². The number of aromatic amines is 1. The molecule has 1 amide bonds. The molecule has 3 N–H and O–H groups in total. The van der Waals surface area contributed by atoms with Gasteiger partial charge in [0.2, 0.25) is 0 Å². The first-order chi connectivity index (χ1) is 8.02. The van der Waals surface area contributed by atoms with E-state index in [2.05, 4.69) is 15.4 Å². The Morgan fingerprint density at radius 3 is 2.53 bits per heavy atom. The number of nitrogens with two attached hydrogens (primary N) is 1. The lowest BCUT2D eigenvalue weighted by molar-refractivity contribution is 0.0996. The molecular formula is C9H5F3N4O. The molecule has 17 heavy (non-hydrogen) atoms. The van der Waals surface area contributed by atoms with Crippen LogP contribution in [0.3, 0.4) is 0 Å². The number of halogens is 3. The van der Waals surface area contributed by atoms with Crippen molar-refractivity contribution in [3.63, 3.8) is 0 Å². The Kier molecular flexibility index (Phi) is 2.54. The first-order valence-electron chi connectivity index (χ1n) is 4.36. The van der Waals surface area contributed by atoms with E-state index in [-0.39, 0.29) is 11.4 Å². The van der Waals surface area contributed by atoms with Crippen LogP contribution in [0.5, 0.6) is 0 Å². The number of amides is 1. The highest BCUT2D eigenvalue weighted by Gasteiger charge is 2.21. The second-order valence-electron chi connectivity index (χ2n) is 3.11. The summed E-state index contributed by atoms with van der Waals surface area (Å²) < 4.78 is 39.1. The molecule has 0 aliphatic rings. The third-order valence-electron chi connectivity index (χ3n) is 2.07. The van der Waals surface area contributed by atoms with Crippen molar-refractivity contribution in [2.24, 2.45) is 5.73 Å². The van der Waals surface area contributed by atoms with Crippen LogP contribution in [0.15, 0.2) is 12.1 Å². The molecule has 0 atom stereocenters. The van der Waals surface area contributed by atoms with Gasteiger partial charge in [-0.25, -0.2) is 13.2 Å². The number of rotatable bonds is 2. The van der Waals surface area contributed by atoms with E-state index >= 15 is 0 Å². The molecule has 88 valence electrons. The van der Waals surface area contributed by atoms with Crippen molar-refractivity contribution in [3.05, 3.63) is 35.3 Å². The Hall–Kier alpha value is -2.38. The highest BCUT2D eigenvalue weighted by Crippen LogP contribution is 2.25. The summed E-state index contributed by atoms with van der Waals surface area (Å²) in [4.78, 5) is 10.9. The lowest BCUT2D eigenvalue weighted by Crippen LogP contribution is -2.13. The number of primary amides is 1. The van der Waals surface area contributed by atoms with E-state index in [4.69, 9.17) is 5.73 Å². The molecule has 8 heteroatoms. The highest BCUT2D eigenvalue weighted by molar-refractivity contribution is 5.96. The van der Waals surface area contributed by atoms with Crippen molar-refractivity contribution in [3.8, 4) is 11.3 Å². The van der Waals surface area contributed by atoms with E-state index in [0.717, 1.165) is 6.07 Å². The van der Waals surface area contributed by atoms with Crippen LogP contribution in [0.1, 0.15) is 10.5 Å². The SMILES string of the molecule is NC(=O)c1n[nH]nc1-c1ccc(F)c(F)c1F. The second-order valence-corrected chi connectivity index (χ2v) is 3.11. The first-order valence-corrected chi connectivity index (χ1v) is 4.36. The van der Waals surface area contributed by atoms with Crippen LogP contribution >= 0.6 is 0 Å². The van der Waals surface area contributed by atoms with E-state index in [9.17, 15) is 18.0 Å². The molecule has 0 radical (unpaired) electrons. The van der Waals surface area contributed by atoms with Gasteiger partial charge in [0.1, 0.15) is 5.69 Å². The van der Waals surface area contributed by atoms with Crippen molar-refractivity contribution in [1.29, 1.82) is 0 Å². The predicted octanol–water partition coefficient (Wildman–Crippen LogP) is 0.988. The number of H-pyrrole nitrogens is 1. The zero-order valence-electron chi connectivity index (χ0n) is 8.17. The van der Waals surface area contributed by atoms with Crippen LogP contribution in [0.2, 0.25) is 0 Å². The maximum absolute atomic E-state index is 13.4. The van der Waals surface area contributed by atoms with E-state index in [0.29, 0.717) is 6.07 Å². The van der Waals surface area contributed by atoms with Crippen molar-refractivity contribution in [1.82, 2.24) is 15.4 Å². The monoisotopic (exact) mass is 242 g/mol. The molecule has 1 aromatic carbocycles. The van der Waals surface area contributed by atoms with Gasteiger partial charge >= 0.3 is 0 Å². The van der Waals surface area contributed by atoms with Crippen LogP contribution < -0.4 is 5.73 Å². The first kappa shape index (κ1) is 11.1. The molecule has 0 aliphatic heterocycles. The van der Waals surface area contributed by atoms with Crippen molar-refractivity contribution >= 4 is 5.91 Å². The van der Waals surface area contributed by atoms with Gasteiger partial charge in [-0.15, -0.1) is 0 Å². The summed E-state index contributed by atoms with van der Waals surface area (Å²) in [5, 5.41) is 8.92. The number of hydrogen-bond acceptors (Lipinski definition) is 3. The minimum absolute atomic E-state index is 0.270. The molecule has 2 aromatic rings. The van der Waals surface area contributed by atoms with Gasteiger partial charge in [0.15, 0.2) is 23.1 Å². The number of carbonyl (C=O) groups excluding carboxylic acids is 1. The molecular weight excluding hydrogens is 237 g/mol. The summed E-state index contributed by atoms with van der Waals surface area (Å²) in [6.07, 6.45) is 0. The van der Waals surface area contributed by atoms with E-state index in [1.807, 2.05) is 0 Å². The van der Waals surface area contributed by atoms with Crippen LogP contribution in [-0.4, -0.2) is 21.3 Å². The van der Waals surface area contributed by atoms with Crippen LogP contribution in [0.25, 0.3) is 11.3 Å². The number of nitrogens with one attached hydrogen (secondary N) is 1. The minimum Gasteiger partial charge on any atom is -0.364 e. The van der Waals surface area contributed by atoms with Crippen LogP contribution in [0, 0.1) is 17.5 Å². The third-order valence-corrected chi connectivity index (χ3v) is 2.07. The molecule has 0 saturated carbocycles. The Bertz CT molecular complexity index is 596. The molecule has 0 fully saturated rings. The number of carbonyl (C=O) groups is 1. The molecule has 0 unspecified atom stereocenters. The Morgan fingerprint density at radius 1 is 1.18 bits per heavy atom. The van der Waals surface area contributed by atoms with Crippen molar-refractivity contribution < 1.29 is 18.0 Å². The molecule has 5 nitrogen and oxygen atoms in total. The lowest BCUT2D eigenvalue weighted by atomic mass is 10.1. The van der Waals surface area contributed by atoms with Gasteiger partial charge in [0, 0.05) is 5.56 Å². The maximum Gasteiger partial charge on any atom is 0.271 e. The van der Waals surface area contributed by atoms with Crippen LogP contribution in [0.4, 0.5) is 13.2 Å². The smallest absolute Gasteiger partial charge is 0.271 e. The predicted molar refractivity (Wildman–Crippen MR) is 50.2 cm³/mol. The van der Waals surface area contributed by atoms with Gasteiger partial charge in [-0.2, -0.15) is 15.4 Å². The average Bonchev–Trinajstić information content (AvgIpc) is 2.75. The summed E-state index contributed by atoms with van der Waals surface area (Å²) in [7, 11) is 0. The van der Waals surface area contributed by atoms with Gasteiger partial charge in [-0.3, -0.25) is 4.79 Å². The zero-order valence-corrected chi connectivity index (χ0v) is 8.17. The molecule has 0 aliphatic carbocycles. The van der Waals surface area contributed by atoms with Gasteiger partial charge in [0.05, 0.1) is 0 Å². The quantitative estimate of drug-likeness (QED) is 0.770. The molecule has 1 aromatic heterocycles. The van der Waals surface area contributed by atoms with Gasteiger partial charge in [-0.1, -0.05) is 0 Å². The summed E-state index contributed by atoms with van der Waals surface area (Å²) in [6, 6.07) is 1.66. The Morgan fingerprint density at radius 2 is 1.88 bits per heavy atom. The standard InChI is InChI=1S/C9H5F3N4O/c10-4-2-1-3(5(11)6(4)12)7-8(9(13)17)15-16-14-7/h1-2H,(H2,13,17)(H,14,15,16). The fraction of sp³-hybridized carbons (Fsp3) is 0. The minimum atomic E-state index is -1.65. The van der Waals surface area contributed by atoms with Gasteiger partial charge < -0.3 is 5.73 Å². The second kappa shape index (κ2) is 3.89. The average molecular weight is 242 g/mol. The highest BCUT2D eigenvalue weighted by atomic mass is 19.2. The molecule has 0 spiro atoms. The van der Waals surface area contributed by atoms with E-state index < -0.39 is 28.9 Å². The summed E-state index contributed by atoms with van der Waals surface area (Å²) in [6.45, 7) is 0. The largest absolute Gasteiger partial charge is 0.364 e. The summed E-state index contributed by atoms with van der Waals surface area (Å²) >= 11 is 0. The zero-order chi connectivity index (χ0) is 12.6. The van der Waals surface area contributed by atoms with Crippen LogP contribution in [-0.2, 0) is 0 Å². The lowest BCUT2D eigenvalue weighted by Gasteiger charge is -2.02. The number of benzene rings is 1. The number of aromatic nitrogens is 3. The van der Waals surface area contributed by atoms with E-state index in [1.54, 1.807) is 0 Å². The number of nitrogens with zero attached hydrogens (tertiary/aromatic N) is 2. The Balaban J connectivity index is 2.65. The fourth-order valence-corrected chi connectivity index (χ4v) is 1.30. The van der Waals surface area contributed by atoms with Gasteiger partial charge in [0.25, 0.3) is 5.91 Å². The van der Waals surface area contributed by atoms with Crippen molar-refractivity contribution in [2.45, 2.75) is 0 Å². The van der Waals surface area contributed by atoms with E-state index in [1.165, 1.54) is 0 Å². The topological polar surface area (TPSA) is 84.7 Å². The third kappa shape index (κ3) is 1.73. The maximum atomic E-state index is 13.4. The fourth-order valence-electron chi connectivity index (χ4n) is 1.30. The molecule has 0 saturated heterocycles. The molecule has 0 bridgehead atoms. The summed E-state index contributed by atoms with van der Waals surface area (Å²) in [5.74, 6) is -5.41. The summed E-state index contributed by atoms with van der Waals surface area (Å²) in [5.41, 5.74) is 3.94. The molecule has 2 rings (SSSR count). The normalized spacial score (nSPS) is 10.5. The Labute approximate surface area is 92.4 Å². The number of hydrogen-bond donors (Lipinski definition) is 2. The molecule has 1 heterocycles.